The number of rotatable bonds is 1. The molecule has 3 N–H and O–H groups in total. The summed E-state index contributed by atoms with van der Waals surface area (Å²) in [5.41, 5.74) is 7.70. The number of aromatic nitrogens is 1. The van der Waals surface area contributed by atoms with Gasteiger partial charge in [0.1, 0.15) is 0 Å². The first kappa shape index (κ1) is 26.7. The molecule has 0 saturated heterocycles. The van der Waals surface area contributed by atoms with Gasteiger partial charge in [0.15, 0.2) is 11.5 Å². The number of phenolic OH excluding ortho intramolecular Hbond substituents is 2. The third-order valence-electron chi connectivity index (χ3n) is 13.1. The zero-order valence-corrected chi connectivity index (χ0v) is 26.5. The highest BCUT2D eigenvalue weighted by atomic mass is 79.9. The minimum Gasteiger partial charge on any atom is -0.504 e. The Bertz CT molecular complexity index is 1590. The fourth-order valence-corrected chi connectivity index (χ4v) is 10.8. The van der Waals surface area contributed by atoms with E-state index in [9.17, 15) is 10.2 Å². The van der Waals surface area contributed by atoms with Crippen LogP contribution in [0.3, 0.4) is 0 Å². The summed E-state index contributed by atoms with van der Waals surface area (Å²) in [7, 11) is 0. The van der Waals surface area contributed by atoms with E-state index in [4.69, 9.17) is 0 Å². The number of halogens is 1. The Morgan fingerprint density at radius 2 is 1.75 bits per heavy atom. The van der Waals surface area contributed by atoms with Crippen LogP contribution < -0.4 is 0 Å². The van der Waals surface area contributed by atoms with Crippen LogP contribution in [0.2, 0.25) is 0 Å². The number of fused-ring (bicyclic) bond motifs is 8. The van der Waals surface area contributed by atoms with Crippen molar-refractivity contribution in [3.8, 4) is 11.5 Å². The predicted molar refractivity (Wildman–Crippen MR) is 167 cm³/mol. The summed E-state index contributed by atoms with van der Waals surface area (Å²) in [6.45, 7) is 14.7. The lowest BCUT2D eigenvalue weighted by Gasteiger charge is -2.69. The monoisotopic (exact) mass is 601 g/mol. The molecule has 40 heavy (non-hydrogen) atoms. The molecule has 4 aliphatic carbocycles. The highest BCUT2D eigenvalue weighted by molar-refractivity contribution is 9.10. The SMILES string of the molecule is Cc1c(O)c(O)cc2c1[C@H](c1c[nH]c3cc(Br)ccc13)C=C1[C@@]2(C)CC[C@@]2(C)[C@@H]3C[C@@H](C)CC[C@]3(C)CC[C@]12C. The third kappa shape index (κ3) is 3.29. The first-order chi connectivity index (χ1) is 18.8. The quantitative estimate of drug-likeness (QED) is 0.192. The zero-order chi connectivity index (χ0) is 28.4. The van der Waals surface area contributed by atoms with Crippen LogP contribution in [0.1, 0.15) is 108 Å². The second kappa shape index (κ2) is 8.43. The van der Waals surface area contributed by atoms with E-state index >= 15 is 0 Å². The summed E-state index contributed by atoms with van der Waals surface area (Å²) in [6.07, 6.45) is 13.7. The van der Waals surface area contributed by atoms with Crippen LogP contribution in [-0.2, 0) is 5.41 Å². The lowest BCUT2D eigenvalue weighted by Crippen LogP contribution is -2.61. The number of benzene rings is 2. The van der Waals surface area contributed by atoms with Crippen molar-refractivity contribution in [3.05, 3.63) is 68.8 Å². The van der Waals surface area contributed by atoms with Crippen molar-refractivity contribution in [1.29, 1.82) is 0 Å². The van der Waals surface area contributed by atoms with Crippen molar-refractivity contribution < 1.29 is 10.2 Å². The molecule has 0 radical (unpaired) electrons. The summed E-state index contributed by atoms with van der Waals surface area (Å²) >= 11 is 3.64. The Morgan fingerprint density at radius 3 is 2.52 bits per heavy atom. The molecule has 1 heterocycles. The van der Waals surface area contributed by atoms with Gasteiger partial charge < -0.3 is 15.2 Å². The van der Waals surface area contributed by atoms with E-state index in [0.717, 1.165) is 33.8 Å². The van der Waals surface area contributed by atoms with Crippen molar-refractivity contribution in [2.75, 3.05) is 0 Å². The molecule has 0 spiro atoms. The zero-order valence-electron chi connectivity index (χ0n) is 24.9. The van der Waals surface area contributed by atoms with Gasteiger partial charge in [-0.2, -0.15) is 0 Å². The first-order valence-corrected chi connectivity index (χ1v) is 16.2. The van der Waals surface area contributed by atoms with Crippen molar-refractivity contribution in [2.24, 2.45) is 28.1 Å². The Morgan fingerprint density at radius 1 is 0.975 bits per heavy atom. The van der Waals surface area contributed by atoms with Gasteiger partial charge in [-0.1, -0.05) is 74.7 Å². The second-order valence-electron chi connectivity index (χ2n) is 15.0. The molecular weight excluding hydrogens is 558 g/mol. The Hall–Kier alpha value is -2.20. The van der Waals surface area contributed by atoms with Crippen LogP contribution in [0.4, 0.5) is 0 Å². The van der Waals surface area contributed by atoms with Gasteiger partial charge in [-0.3, -0.25) is 0 Å². The van der Waals surface area contributed by atoms with E-state index < -0.39 is 0 Å². The lowest BCUT2D eigenvalue weighted by atomic mass is 9.35. The van der Waals surface area contributed by atoms with E-state index in [2.05, 4.69) is 86.0 Å². The molecule has 2 aromatic carbocycles. The number of aromatic amines is 1. The van der Waals surface area contributed by atoms with Crippen LogP contribution in [-0.4, -0.2) is 15.2 Å². The molecule has 4 aliphatic rings. The summed E-state index contributed by atoms with van der Waals surface area (Å²) in [5, 5.41) is 23.2. The minimum absolute atomic E-state index is 0.0103. The molecule has 212 valence electrons. The van der Waals surface area contributed by atoms with E-state index in [1.54, 1.807) is 5.57 Å². The molecule has 3 fully saturated rings. The second-order valence-corrected chi connectivity index (χ2v) is 15.9. The topological polar surface area (TPSA) is 56.2 Å². The molecule has 0 aliphatic heterocycles. The van der Waals surface area contributed by atoms with Crippen molar-refractivity contribution >= 4 is 26.8 Å². The van der Waals surface area contributed by atoms with Crippen LogP contribution >= 0.6 is 15.9 Å². The van der Waals surface area contributed by atoms with Crippen molar-refractivity contribution in [3.63, 3.8) is 0 Å². The van der Waals surface area contributed by atoms with Crippen molar-refractivity contribution in [1.82, 2.24) is 4.98 Å². The molecule has 3 nitrogen and oxygen atoms in total. The minimum atomic E-state index is -0.167. The number of phenols is 2. The Labute approximate surface area is 247 Å². The summed E-state index contributed by atoms with van der Waals surface area (Å²) in [5.74, 6) is 1.57. The Kier molecular flexibility index (Phi) is 5.62. The fraction of sp³-hybridized carbons (Fsp3) is 0.556. The predicted octanol–water partition coefficient (Wildman–Crippen LogP) is 10.0. The van der Waals surface area contributed by atoms with Gasteiger partial charge in [0.05, 0.1) is 0 Å². The number of hydrogen-bond acceptors (Lipinski definition) is 2. The fourth-order valence-electron chi connectivity index (χ4n) is 10.4. The largest absolute Gasteiger partial charge is 0.504 e. The maximum Gasteiger partial charge on any atom is 0.160 e. The maximum absolute atomic E-state index is 11.0. The molecule has 0 bridgehead atoms. The molecule has 7 rings (SSSR count). The van der Waals surface area contributed by atoms with Gasteiger partial charge in [-0.05, 0) is 114 Å². The van der Waals surface area contributed by atoms with Gasteiger partial charge in [0.25, 0.3) is 0 Å². The normalized spacial score (nSPS) is 38.7. The molecule has 3 aromatic rings. The summed E-state index contributed by atoms with van der Waals surface area (Å²) < 4.78 is 1.06. The standard InChI is InChI=1S/C36H44BrNO2/c1-20-9-10-33(3)11-13-36(6)30-17-24(25-19-38-27-16-22(37)7-8-23(25)27)31-21(2)32(40)28(39)18-26(31)34(30,4)12-14-35(36,5)29(33)15-20/h7-8,16-20,24,29,38-40H,9-15H2,1-6H3/t20-,24-,29+,33+,34-,35-,36+/m0/s1. The molecular formula is C36H44BrNO2. The average Bonchev–Trinajstić information content (AvgIpc) is 3.33. The lowest BCUT2D eigenvalue weighted by molar-refractivity contribution is -0.145. The highest BCUT2D eigenvalue weighted by Crippen LogP contribution is 2.74. The van der Waals surface area contributed by atoms with Crippen molar-refractivity contribution in [2.45, 2.75) is 97.8 Å². The van der Waals surface area contributed by atoms with Gasteiger partial charge in [-0.25, -0.2) is 0 Å². The molecule has 7 atom stereocenters. The Balaban J connectivity index is 1.48. The first-order valence-electron chi connectivity index (χ1n) is 15.4. The maximum atomic E-state index is 11.0. The van der Waals surface area contributed by atoms with Crippen LogP contribution in [0.5, 0.6) is 11.5 Å². The van der Waals surface area contributed by atoms with Crippen LogP contribution in [0.25, 0.3) is 10.9 Å². The van der Waals surface area contributed by atoms with Crippen LogP contribution in [0.15, 0.2) is 46.6 Å². The molecule has 1 aromatic heterocycles. The van der Waals surface area contributed by atoms with Gasteiger partial charge in [0, 0.05) is 32.9 Å². The molecule has 0 amide bonds. The molecule has 3 saturated carbocycles. The number of nitrogens with one attached hydrogen (secondary N) is 1. The van der Waals surface area contributed by atoms with E-state index in [1.165, 1.54) is 60.6 Å². The van der Waals surface area contributed by atoms with Crippen LogP contribution in [0, 0.1) is 35.0 Å². The number of aromatic hydroxyl groups is 2. The summed E-state index contributed by atoms with van der Waals surface area (Å²) in [4.78, 5) is 3.53. The number of allylic oxidation sites excluding steroid dienone is 2. The van der Waals surface area contributed by atoms with Gasteiger partial charge in [0.2, 0.25) is 0 Å². The van der Waals surface area contributed by atoms with Gasteiger partial charge in [-0.15, -0.1) is 0 Å². The van der Waals surface area contributed by atoms with E-state index in [1.807, 2.05) is 13.0 Å². The van der Waals surface area contributed by atoms with E-state index in [-0.39, 0.29) is 33.7 Å². The molecule has 4 heteroatoms. The number of hydrogen-bond donors (Lipinski definition) is 3. The number of H-pyrrole nitrogens is 1. The average molecular weight is 603 g/mol. The van der Waals surface area contributed by atoms with E-state index in [0.29, 0.717) is 5.41 Å². The highest BCUT2D eigenvalue weighted by Gasteiger charge is 2.65. The molecule has 0 unspecified atom stereocenters. The summed E-state index contributed by atoms with van der Waals surface area (Å²) in [6, 6.07) is 8.37. The third-order valence-corrected chi connectivity index (χ3v) is 13.6. The smallest absolute Gasteiger partial charge is 0.160 e. The van der Waals surface area contributed by atoms with Gasteiger partial charge >= 0.3 is 0 Å².